The standard InChI is InChI=1S/C34H40N6O6/c1-37-20-22(14-28(37)34(44)39-10-4-5-11-39)15-29(41)27-16-23(21-38(27)2)36-32(42)9-7-13-46-31-18-26-25(17-30(31)45-3)33(43)40-12-6-8-24(40)19-35-26/h14,16-21,24H,4-13,15H2,1-3H3,(H,36,42)/t24-/m0/s1. The molecule has 0 radical (unpaired) electrons. The number of rotatable bonds is 11. The molecule has 46 heavy (non-hydrogen) atoms. The third-order valence-electron chi connectivity index (χ3n) is 8.88. The van der Waals surface area contributed by atoms with Gasteiger partial charge in [-0.15, -0.1) is 0 Å². The Morgan fingerprint density at radius 1 is 0.957 bits per heavy atom. The first-order valence-corrected chi connectivity index (χ1v) is 15.9. The molecule has 0 unspecified atom stereocenters. The zero-order chi connectivity index (χ0) is 32.4. The number of aromatic nitrogens is 2. The molecule has 3 aliphatic heterocycles. The lowest BCUT2D eigenvalue weighted by Crippen LogP contribution is -2.35. The monoisotopic (exact) mass is 628 g/mol. The molecule has 12 heteroatoms. The van der Waals surface area contributed by atoms with E-state index in [1.165, 1.54) is 7.11 Å². The number of carbonyl (C=O) groups is 4. The highest BCUT2D eigenvalue weighted by molar-refractivity contribution is 6.03. The highest BCUT2D eigenvalue weighted by Gasteiger charge is 2.32. The summed E-state index contributed by atoms with van der Waals surface area (Å²) < 4.78 is 14.9. The van der Waals surface area contributed by atoms with Crippen LogP contribution < -0.4 is 14.8 Å². The number of aliphatic imine (C=N–C) groups is 1. The highest BCUT2D eigenvalue weighted by atomic mass is 16.5. The average molecular weight is 629 g/mol. The van der Waals surface area contributed by atoms with Crippen LogP contribution in [0.4, 0.5) is 11.4 Å². The van der Waals surface area contributed by atoms with E-state index in [9.17, 15) is 19.2 Å². The summed E-state index contributed by atoms with van der Waals surface area (Å²) in [5.74, 6) is 0.535. The molecule has 5 heterocycles. The van der Waals surface area contributed by atoms with Crippen molar-refractivity contribution < 1.29 is 28.7 Å². The minimum absolute atomic E-state index is 0.00360. The Kier molecular flexibility index (Phi) is 8.96. The lowest BCUT2D eigenvalue weighted by atomic mass is 10.1. The third-order valence-corrected chi connectivity index (χ3v) is 8.88. The number of hydrogen-bond acceptors (Lipinski definition) is 7. The molecule has 2 fully saturated rings. The maximum Gasteiger partial charge on any atom is 0.270 e. The maximum absolute atomic E-state index is 13.2. The van der Waals surface area contributed by atoms with Gasteiger partial charge in [0, 0.05) is 71.2 Å². The van der Waals surface area contributed by atoms with Crippen LogP contribution in [0.1, 0.15) is 75.4 Å². The molecular weight excluding hydrogens is 588 g/mol. The quantitative estimate of drug-likeness (QED) is 0.251. The van der Waals surface area contributed by atoms with E-state index < -0.39 is 0 Å². The Morgan fingerprint density at radius 2 is 1.74 bits per heavy atom. The molecule has 3 aromatic rings. The molecule has 1 atom stereocenters. The van der Waals surface area contributed by atoms with Gasteiger partial charge >= 0.3 is 0 Å². The second kappa shape index (κ2) is 13.2. The molecule has 3 amide bonds. The predicted molar refractivity (Wildman–Crippen MR) is 173 cm³/mol. The molecule has 12 nitrogen and oxygen atoms in total. The van der Waals surface area contributed by atoms with Crippen LogP contribution in [0.25, 0.3) is 0 Å². The zero-order valence-electron chi connectivity index (χ0n) is 26.6. The number of ketones is 1. The second-order valence-electron chi connectivity index (χ2n) is 12.2. The van der Waals surface area contributed by atoms with Crippen molar-refractivity contribution in [3.63, 3.8) is 0 Å². The van der Waals surface area contributed by atoms with E-state index in [-0.39, 0.29) is 49.0 Å². The van der Waals surface area contributed by atoms with Crippen molar-refractivity contribution in [1.29, 1.82) is 0 Å². The molecule has 0 saturated carbocycles. The van der Waals surface area contributed by atoms with Crippen molar-refractivity contribution in [2.24, 2.45) is 19.1 Å². The number of carbonyl (C=O) groups excluding carboxylic acids is 4. The molecule has 0 aliphatic carbocycles. The number of benzene rings is 1. The van der Waals surface area contributed by atoms with Crippen LogP contribution in [-0.2, 0) is 25.3 Å². The van der Waals surface area contributed by atoms with E-state index in [1.54, 1.807) is 46.6 Å². The Morgan fingerprint density at radius 3 is 2.52 bits per heavy atom. The number of fused-ring (bicyclic) bond motifs is 2. The first kappa shape index (κ1) is 31.1. The SMILES string of the molecule is COc1cc2c(cc1OCCCC(=O)Nc1cc(C(=O)Cc3cc(C(=O)N4CCCC4)n(C)c3)n(C)c1)N=C[C@@H]1CCCN1C2=O. The van der Waals surface area contributed by atoms with Gasteiger partial charge in [-0.2, -0.15) is 0 Å². The number of nitrogens with one attached hydrogen (secondary N) is 1. The van der Waals surface area contributed by atoms with Gasteiger partial charge in [0.05, 0.1) is 42.4 Å². The van der Waals surface area contributed by atoms with E-state index in [2.05, 4.69) is 10.3 Å². The van der Waals surface area contributed by atoms with Crippen molar-refractivity contribution in [3.8, 4) is 11.5 Å². The van der Waals surface area contributed by atoms with Gasteiger partial charge in [-0.3, -0.25) is 24.2 Å². The van der Waals surface area contributed by atoms with E-state index in [0.717, 1.165) is 50.9 Å². The lowest BCUT2D eigenvalue weighted by molar-refractivity contribution is -0.116. The summed E-state index contributed by atoms with van der Waals surface area (Å²) in [6.07, 6.45) is 10.1. The van der Waals surface area contributed by atoms with Crippen LogP contribution in [0.3, 0.4) is 0 Å². The molecule has 6 rings (SSSR count). The first-order valence-electron chi connectivity index (χ1n) is 15.9. The number of anilines is 1. The second-order valence-corrected chi connectivity index (χ2v) is 12.2. The molecular formula is C34H40N6O6. The molecule has 0 spiro atoms. The number of ether oxygens (including phenoxy) is 2. The molecule has 242 valence electrons. The number of hydrogen-bond donors (Lipinski definition) is 1. The van der Waals surface area contributed by atoms with E-state index in [4.69, 9.17) is 9.47 Å². The number of Topliss-reactive ketones (excluding diaryl/α,β-unsaturated/α-hetero) is 1. The highest BCUT2D eigenvalue weighted by Crippen LogP contribution is 2.38. The van der Waals surface area contributed by atoms with E-state index in [1.807, 2.05) is 29.3 Å². The number of nitrogens with zero attached hydrogens (tertiary/aromatic N) is 5. The van der Waals surface area contributed by atoms with Crippen LogP contribution >= 0.6 is 0 Å². The third kappa shape index (κ3) is 6.42. The summed E-state index contributed by atoms with van der Waals surface area (Å²) in [5, 5.41) is 2.87. The molecule has 1 aromatic carbocycles. The molecule has 2 aromatic heterocycles. The van der Waals surface area contributed by atoms with Gasteiger partial charge in [0.1, 0.15) is 5.69 Å². The summed E-state index contributed by atoms with van der Waals surface area (Å²) in [7, 11) is 5.11. The van der Waals surface area contributed by atoms with Gasteiger partial charge in [-0.1, -0.05) is 0 Å². The van der Waals surface area contributed by atoms with Gasteiger partial charge in [0.2, 0.25) is 5.91 Å². The summed E-state index contributed by atoms with van der Waals surface area (Å²) >= 11 is 0. The predicted octanol–water partition coefficient (Wildman–Crippen LogP) is 4.15. The van der Waals surface area contributed by atoms with Crippen LogP contribution in [0.2, 0.25) is 0 Å². The van der Waals surface area contributed by atoms with Gasteiger partial charge in [0.25, 0.3) is 11.8 Å². The van der Waals surface area contributed by atoms with Crippen LogP contribution in [0.15, 0.2) is 41.7 Å². The average Bonchev–Trinajstić information content (AvgIpc) is 3.84. The van der Waals surface area contributed by atoms with Crippen LogP contribution in [0.5, 0.6) is 11.5 Å². The number of likely N-dealkylation sites (tertiary alicyclic amines) is 1. The van der Waals surface area contributed by atoms with Gasteiger partial charge in [0.15, 0.2) is 17.3 Å². The Bertz CT molecular complexity index is 1700. The van der Waals surface area contributed by atoms with Crippen LogP contribution in [-0.4, -0.2) is 88.0 Å². The fraction of sp³-hybridized carbons (Fsp3) is 0.441. The minimum Gasteiger partial charge on any atom is -0.493 e. The van der Waals surface area contributed by atoms with Crippen molar-refractivity contribution in [2.75, 3.05) is 38.7 Å². The summed E-state index contributed by atoms with van der Waals surface area (Å²) in [5.41, 5.74) is 3.39. The summed E-state index contributed by atoms with van der Waals surface area (Å²) in [4.78, 5) is 60.1. The van der Waals surface area contributed by atoms with E-state index >= 15 is 0 Å². The normalized spacial score (nSPS) is 17.1. The first-order chi connectivity index (χ1) is 22.2. The maximum atomic E-state index is 13.2. The fourth-order valence-corrected chi connectivity index (χ4v) is 6.47. The molecule has 3 aliphatic rings. The number of aryl methyl sites for hydroxylation is 2. The minimum atomic E-state index is -0.203. The van der Waals surface area contributed by atoms with Crippen molar-refractivity contribution in [3.05, 3.63) is 59.2 Å². The van der Waals surface area contributed by atoms with Gasteiger partial charge < -0.3 is 33.7 Å². The molecule has 1 N–H and O–H groups in total. The van der Waals surface area contributed by atoms with Gasteiger partial charge in [-0.05, 0) is 55.9 Å². The largest absolute Gasteiger partial charge is 0.493 e. The number of methoxy groups -OCH3 is 1. The van der Waals surface area contributed by atoms with E-state index in [0.29, 0.717) is 46.2 Å². The topological polar surface area (TPSA) is 127 Å². The summed E-state index contributed by atoms with van der Waals surface area (Å²) in [6.45, 7) is 2.51. The van der Waals surface area contributed by atoms with Crippen molar-refractivity contribution >= 4 is 41.1 Å². The molecule has 2 saturated heterocycles. The fourth-order valence-electron chi connectivity index (χ4n) is 6.47. The smallest absolute Gasteiger partial charge is 0.270 e. The lowest BCUT2D eigenvalue weighted by Gasteiger charge is -2.20. The molecule has 0 bridgehead atoms. The number of amides is 3. The Balaban J connectivity index is 1.01. The summed E-state index contributed by atoms with van der Waals surface area (Å²) in [6, 6.07) is 6.87. The Labute approximate surface area is 268 Å². The van der Waals surface area contributed by atoms with Crippen molar-refractivity contribution in [1.82, 2.24) is 18.9 Å². The zero-order valence-corrected chi connectivity index (χ0v) is 26.6. The van der Waals surface area contributed by atoms with Gasteiger partial charge in [-0.25, -0.2) is 0 Å². The van der Waals surface area contributed by atoms with Crippen molar-refractivity contribution in [2.45, 2.75) is 51.0 Å². The Hall–Kier alpha value is -4.87. The van der Waals surface area contributed by atoms with Crippen LogP contribution in [0, 0.1) is 0 Å².